The van der Waals surface area contributed by atoms with E-state index in [0.717, 1.165) is 6.42 Å². The molecule has 1 N–H and O–H groups in total. The first-order valence-corrected chi connectivity index (χ1v) is 7.21. The van der Waals surface area contributed by atoms with Crippen LogP contribution in [0.4, 0.5) is 0 Å². The quantitative estimate of drug-likeness (QED) is 0.772. The van der Waals surface area contributed by atoms with Gasteiger partial charge in [-0.3, -0.25) is 0 Å². The Bertz CT molecular complexity index is 292. The Kier molecular flexibility index (Phi) is 2.84. The summed E-state index contributed by atoms with van der Waals surface area (Å²) in [6, 6.07) is 0. The number of hydrogen-bond donors (Lipinski definition) is 1. The Hall–Kier alpha value is -0.0900. The van der Waals surface area contributed by atoms with Gasteiger partial charge in [0.05, 0.1) is 17.1 Å². The standard InChI is InChI=1S/C10H18O3S/c11-9(7-8-3-1-4-8)10-5-2-6-14(10,12)13/h8-11H,1-7H2. The first-order chi connectivity index (χ1) is 6.59. The minimum absolute atomic E-state index is 0.277. The summed E-state index contributed by atoms with van der Waals surface area (Å²) in [6.07, 6.45) is 5.07. The van der Waals surface area contributed by atoms with Crippen LogP contribution in [0.3, 0.4) is 0 Å². The van der Waals surface area contributed by atoms with Crippen LogP contribution in [0.15, 0.2) is 0 Å². The third kappa shape index (κ3) is 1.96. The molecule has 2 unspecified atom stereocenters. The van der Waals surface area contributed by atoms with E-state index in [0.29, 0.717) is 18.8 Å². The lowest BCUT2D eigenvalue weighted by molar-refractivity contribution is 0.112. The maximum Gasteiger partial charge on any atom is 0.155 e. The second-order valence-electron chi connectivity index (χ2n) is 4.65. The Balaban J connectivity index is 1.93. The average molecular weight is 218 g/mol. The molecule has 1 saturated heterocycles. The summed E-state index contributed by atoms with van der Waals surface area (Å²) in [5, 5.41) is 9.39. The molecule has 2 fully saturated rings. The molecule has 2 aliphatic rings. The molecule has 0 radical (unpaired) electrons. The first kappa shape index (κ1) is 10.4. The zero-order valence-electron chi connectivity index (χ0n) is 8.35. The lowest BCUT2D eigenvalue weighted by Crippen LogP contribution is -2.33. The molecule has 1 aliphatic heterocycles. The molecule has 1 saturated carbocycles. The minimum Gasteiger partial charge on any atom is -0.392 e. The summed E-state index contributed by atoms with van der Waals surface area (Å²) in [5.41, 5.74) is 0. The summed E-state index contributed by atoms with van der Waals surface area (Å²) in [7, 11) is -2.97. The Morgan fingerprint density at radius 3 is 2.36 bits per heavy atom. The molecule has 82 valence electrons. The summed E-state index contributed by atoms with van der Waals surface area (Å²) in [4.78, 5) is 0. The van der Waals surface area contributed by atoms with Gasteiger partial charge in [-0.05, 0) is 25.2 Å². The summed E-state index contributed by atoms with van der Waals surface area (Å²) in [5.74, 6) is 0.861. The predicted molar refractivity (Wildman–Crippen MR) is 54.8 cm³/mol. The van der Waals surface area contributed by atoms with Crippen molar-refractivity contribution in [3.8, 4) is 0 Å². The first-order valence-electron chi connectivity index (χ1n) is 5.49. The number of aliphatic hydroxyl groups excluding tert-OH is 1. The van der Waals surface area contributed by atoms with Crippen molar-refractivity contribution in [3.63, 3.8) is 0 Å². The van der Waals surface area contributed by atoms with Crippen LogP contribution in [-0.4, -0.2) is 30.6 Å². The second kappa shape index (κ2) is 3.81. The van der Waals surface area contributed by atoms with E-state index in [4.69, 9.17) is 0 Å². The van der Waals surface area contributed by atoms with Crippen LogP contribution in [0.5, 0.6) is 0 Å². The number of rotatable bonds is 3. The van der Waals surface area contributed by atoms with Crippen LogP contribution in [-0.2, 0) is 9.84 Å². The van der Waals surface area contributed by atoms with Gasteiger partial charge in [0.2, 0.25) is 0 Å². The zero-order valence-corrected chi connectivity index (χ0v) is 9.17. The number of sulfone groups is 1. The largest absolute Gasteiger partial charge is 0.392 e. The SMILES string of the molecule is O=S1(=O)CCCC1C(O)CC1CCC1. The van der Waals surface area contributed by atoms with Gasteiger partial charge < -0.3 is 5.11 Å². The van der Waals surface area contributed by atoms with Crippen LogP contribution in [0.2, 0.25) is 0 Å². The van der Waals surface area contributed by atoms with Crippen molar-refractivity contribution in [1.29, 1.82) is 0 Å². The monoisotopic (exact) mass is 218 g/mol. The van der Waals surface area contributed by atoms with Crippen molar-refractivity contribution in [2.24, 2.45) is 5.92 Å². The maximum atomic E-state index is 11.5. The van der Waals surface area contributed by atoms with Gasteiger partial charge in [-0.1, -0.05) is 19.3 Å². The molecule has 0 aromatic rings. The van der Waals surface area contributed by atoms with Crippen molar-refractivity contribution in [2.45, 2.75) is 49.9 Å². The molecule has 3 nitrogen and oxygen atoms in total. The molecule has 1 heterocycles. The van der Waals surface area contributed by atoms with Crippen LogP contribution >= 0.6 is 0 Å². The lowest BCUT2D eigenvalue weighted by Gasteiger charge is -2.29. The molecule has 2 atom stereocenters. The van der Waals surface area contributed by atoms with Crippen LogP contribution in [0.1, 0.15) is 38.5 Å². The van der Waals surface area contributed by atoms with Gasteiger partial charge in [-0.2, -0.15) is 0 Å². The van der Waals surface area contributed by atoms with E-state index in [9.17, 15) is 13.5 Å². The minimum atomic E-state index is -2.97. The molecule has 2 rings (SSSR count). The molecule has 14 heavy (non-hydrogen) atoms. The average Bonchev–Trinajstić information content (AvgIpc) is 2.37. The third-order valence-electron chi connectivity index (χ3n) is 3.61. The summed E-state index contributed by atoms with van der Waals surface area (Å²) < 4.78 is 23.1. The fourth-order valence-electron chi connectivity index (χ4n) is 2.47. The van der Waals surface area contributed by atoms with E-state index in [1.165, 1.54) is 19.3 Å². The number of aliphatic hydroxyl groups is 1. The van der Waals surface area contributed by atoms with Crippen LogP contribution in [0.25, 0.3) is 0 Å². The molecule has 0 bridgehead atoms. The van der Waals surface area contributed by atoms with Crippen molar-refractivity contribution in [2.75, 3.05) is 5.75 Å². The normalized spacial score (nSPS) is 33.9. The van der Waals surface area contributed by atoms with E-state index in [2.05, 4.69) is 0 Å². The van der Waals surface area contributed by atoms with Crippen molar-refractivity contribution < 1.29 is 13.5 Å². The molecule has 0 aromatic carbocycles. The van der Waals surface area contributed by atoms with E-state index in [-0.39, 0.29) is 5.75 Å². The maximum absolute atomic E-state index is 11.5. The van der Waals surface area contributed by atoms with Gasteiger partial charge in [0.15, 0.2) is 9.84 Å². The van der Waals surface area contributed by atoms with E-state index >= 15 is 0 Å². The van der Waals surface area contributed by atoms with Crippen molar-refractivity contribution in [1.82, 2.24) is 0 Å². The highest BCUT2D eigenvalue weighted by molar-refractivity contribution is 7.92. The van der Waals surface area contributed by atoms with Gasteiger partial charge in [0.1, 0.15) is 0 Å². The van der Waals surface area contributed by atoms with E-state index < -0.39 is 21.2 Å². The van der Waals surface area contributed by atoms with Crippen LogP contribution in [0, 0.1) is 5.92 Å². The van der Waals surface area contributed by atoms with Crippen molar-refractivity contribution >= 4 is 9.84 Å². The molecule has 0 spiro atoms. The second-order valence-corrected chi connectivity index (χ2v) is 6.99. The topological polar surface area (TPSA) is 54.4 Å². The highest BCUT2D eigenvalue weighted by Crippen LogP contribution is 2.34. The lowest BCUT2D eigenvalue weighted by atomic mass is 9.81. The fourth-order valence-corrected chi connectivity index (χ4v) is 4.46. The Labute approximate surface area is 85.4 Å². The van der Waals surface area contributed by atoms with Gasteiger partial charge in [-0.15, -0.1) is 0 Å². The van der Waals surface area contributed by atoms with Crippen molar-refractivity contribution in [3.05, 3.63) is 0 Å². The van der Waals surface area contributed by atoms with Gasteiger partial charge >= 0.3 is 0 Å². The van der Waals surface area contributed by atoms with E-state index in [1.54, 1.807) is 0 Å². The molecular weight excluding hydrogens is 200 g/mol. The Morgan fingerprint density at radius 1 is 1.21 bits per heavy atom. The molecular formula is C10H18O3S. The molecule has 0 aromatic heterocycles. The summed E-state index contributed by atoms with van der Waals surface area (Å²) >= 11 is 0. The molecule has 4 heteroatoms. The molecule has 1 aliphatic carbocycles. The zero-order chi connectivity index (χ0) is 10.2. The summed E-state index contributed by atoms with van der Waals surface area (Å²) in [6.45, 7) is 0. The predicted octanol–water partition coefficient (Wildman–Crippen LogP) is 1.11. The Morgan fingerprint density at radius 2 is 1.93 bits per heavy atom. The number of hydrogen-bond acceptors (Lipinski definition) is 3. The third-order valence-corrected chi connectivity index (χ3v) is 5.94. The van der Waals surface area contributed by atoms with E-state index in [1.807, 2.05) is 0 Å². The highest BCUT2D eigenvalue weighted by atomic mass is 32.2. The fraction of sp³-hybridized carbons (Fsp3) is 1.00. The molecule has 0 amide bonds. The van der Waals surface area contributed by atoms with Crippen LogP contribution < -0.4 is 0 Å². The highest BCUT2D eigenvalue weighted by Gasteiger charge is 2.38. The van der Waals surface area contributed by atoms with Gasteiger partial charge in [-0.25, -0.2) is 8.42 Å². The van der Waals surface area contributed by atoms with Gasteiger partial charge in [0.25, 0.3) is 0 Å². The smallest absolute Gasteiger partial charge is 0.155 e. The van der Waals surface area contributed by atoms with Gasteiger partial charge in [0, 0.05) is 0 Å².